The van der Waals surface area contributed by atoms with Gasteiger partial charge in [-0.2, -0.15) is 0 Å². The second-order valence-electron chi connectivity index (χ2n) is 9.54. The van der Waals surface area contributed by atoms with E-state index in [1.807, 2.05) is 10.8 Å². The molecule has 2 heterocycles. The molecule has 4 rings (SSSR count). The first-order chi connectivity index (χ1) is 14.0. The molecule has 0 bridgehead atoms. The largest absolute Gasteiger partial charge is 0.377 e. The van der Waals surface area contributed by atoms with Crippen molar-refractivity contribution >= 4 is 9.84 Å². The van der Waals surface area contributed by atoms with Crippen molar-refractivity contribution in [3.63, 3.8) is 0 Å². The van der Waals surface area contributed by atoms with Crippen molar-refractivity contribution in [2.75, 3.05) is 26.0 Å². The Morgan fingerprint density at radius 2 is 1.79 bits per heavy atom. The SMILES string of the molecule is CS(=O)(=O)c1ncc(CN(CC2CCC2)CC2CCCO2)n1CC1CCCCC1. The van der Waals surface area contributed by atoms with E-state index in [9.17, 15) is 8.42 Å². The molecular formula is C22H37N3O3S. The lowest BCUT2D eigenvalue weighted by Gasteiger charge is -2.34. The fourth-order valence-electron chi connectivity index (χ4n) is 5.19. The molecule has 2 aliphatic carbocycles. The number of ether oxygens (including phenoxy) is 1. The average Bonchev–Trinajstić information content (AvgIpc) is 3.29. The lowest BCUT2D eigenvalue weighted by molar-refractivity contribution is 0.0568. The van der Waals surface area contributed by atoms with Crippen LogP contribution in [0.5, 0.6) is 0 Å². The molecule has 1 aromatic heterocycles. The molecule has 0 radical (unpaired) electrons. The highest BCUT2D eigenvalue weighted by Gasteiger charge is 2.28. The molecule has 7 heteroatoms. The Kier molecular flexibility index (Phi) is 6.97. The molecule has 3 aliphatic rings. The molecule has 1 saturated heterocycles. The van der Waals surface area contributed by atoms with Gasteiger partial charge < -0.3 is 9.30 Å². The topological polar surface area (TPSA) is 64.4 Å². The minimum Gasteiger partial charge on any atom is -0.377 e. The van der Waals surface area contributed by atoms with Crippen LogP contribution in [0.15, 0.2) is 11.4 Å². The molecule has 0 N–H and O–H groups in total. The molecule has 29 heavy (non-hydrogen) atoms. The van der Waals surface area contributed by atoms with Gasteiger partial charge in [-0.3, -0.25) is 4.90 Å². The fourth-order valence-corrected chi connectivity index (χ4v) is 6.02. The summed E-state index contributed by atoms with van der Waals surface area (Å²) in [6.07, 6.45) is 15.9. The van der Waals surface area contributed by atoms with E-state index < -0.39 is 9.84 Å². The summed E-state index contributed by atoms with van der Waals surface area (Å²) >= 11 is 0. The van der Waals surface area contributed by atoms with Crippen molar-refractivity contribution in [2.45, 2.75) is 88.6 Å². The van der Waals surface area contributed by atoms with E-state index in [4.69, 9.17) is 4.74 Å². The minimum absolute atomic E-state index is 0.249. The Labute approximate surface area is 175 Å². The van der Waals surface area contributed by atoms with Crippen LogP contribution in [-0.4, -0.2) is 54.9 Å². The quantitative estimate of drug-likeness (QED) is 0.607. The summed E-state index contributed by atoms with van der Waals surface area (Å²) < 4.78 is 32.7. The lowest BCUT2D eigenvalue weighted by Crippen LogP contribution is -2.38. The highest BCUT2D eigenvalue weighted by molar-refractivity contribution is 7.90. The number of rotatable bonds is 9. The zero-order valence-corrected chi connectivity index (χ0v) is 18.7. The lowest BCUT2D eigenvalue weighted by atomic mass is 9.85. The Morgan fingerprint density at radius 1 is 1.03 bits per heavy atom. The number of aromatic nitrogens is 2. The van der Waals surface area contributed by atoms with E-state index in [0.29, 0.717) is 12.0 Å². The summed E-state index contributed by atoms with van der Waals surface area (Å²) in [7, 11) is -3.33. The summed E-state index contributed by atoms with van der Waals surface area (Å²) in [5.41, 5.74) is 1.05. The van der Waals surface area contributed by atoms with Crippen molar-refractivity contribution in [3.05, 3.63) is 11.9 Å². The third kappa shape index (κ3) is 5.61. The van der Waals surface area contributed by atoms with Crippen molar-refractivity contribution in [1.29, 1.82) is 0 Å². The smallest absolute Gasteiger partial charge is 0.227 e. The van der Waals surface area contributed by atoms with Crippen LogP contribution >= 0.6 is 0 Å². The van der Waals surface area contributed by atoms with Crippen LogP contribution < -0.4 is 0 Å². The third-order valence-electron chi connectivity index (χ3n) is 7.01. The number of imidazole rings is 1. The summed E-state index contributed by atoms with van der Waals surface area (Å²) in [5.74, 6) is 1.34. The maximum absolute atomic E-state index is 12.4. The third-order valence-corrected chi connectivity index (χ3v) is 8.00. The van der Waals surface area contributed by atoms with Crippen LogP contribution in [0, 0.1) is 11.8 Å². The zero-order chi connectivity index (χ0) is 20.3. The van der Waals surface area contributed by atoms with Gasteiger partial charge in [-0.15, -0.1) is 0 Å². The van der Waals surface area contributed by atoms with Crippen LogP contribution in [-0.2, 0) is 27.7 Å². The normalized spacial score (nSPS) is 24.3. The monoisotopic (exact) mass is 423 g/mol. The fraction of sp³-hybridized carbons (Fsp3) is 0.864. The first-order valence-electron chi connectivity index (χ1n) is 11.6. The predicted octanol–water partition coefficient (Wildman–Crippen LogP) is 3.65. The van der Waals surface area contributed by atoms with Gasteiger partial charge in [0.25, 0.3) is 0 Å². The van der Waals surface area contributed by atoms with Gasteiger partial charge in [-0.05, 0) is 50.4 Å². The van der Waals surface area contributed by atoms with Gasteiger partial charge in [0.15, 0.2) is 0 Å². The second kappa shape index (κ2) is 9.48. The number of hydrogen-bond acceptors (Lipinski definition) is 5. The molecule has 1 unspecified atom stereocenters. The second-order valence-corrected chi connectivity index (χ2v) is 11.5. The van der Waals surface area contributed by atoms with E-state index in [2.05, 4.69) is 9.88 Å². The number of nitrogens with zero attached hydrogens (tertiary/aromatic N) is 3. The Bertz CT molecular complexity index is 760. The maximum atomic E-state index is 12.4. The van der Waals surface area contributed by atoms with Gasteiger partial charge in [0, 0.05) is 39.0 Å². The summed E-state index contributed by atoms with van der Waals surface area (Å²) in [4.78, 5) is 6.87. The van der Waals surface area contributed by atoms with Crippen LogP contribution in [0.2, 0.25) is 0 Å². The van der Waals surface area contributed by atoms with Crippen molar-refractivity contribution in [1.82, 2.24) is 14.5 Å². The van der Waals surface area contributed by atoms with Crippen molar-refractivity contribution < 1.29 is 13.2 Å². The Morgan fingerprint density at radius 3 is 2.41 bits per heavy atom. The van der Waals surface area contributed by atoms with Crippen molar-refractivity contribution in [3.8, 4) is 0 Å². The molecule has 1 aromatic rings. The standard InChI is InChI=1S/C22H37N3O3S/c1-29(26,27)22-23-13-20(25(22)15-19-7-3-2-4-8-19)16-24(14-18-9-5-10-18)17-21-11-6-12-28-21/h13,18-19,21H,2-12,14-17H2,1H3. The highest BCUT2D eigenvalue weighted by atomic mass is 32.2. The van der Waals surface area contributed by atoms with E-state index >= 15 is 0 Å². The molecular weight excluding hydrogens is 386 g/mol. The van der Waals surface area contributed by atoms with Crippen LogP contribution in [0.1, 0.15) is 69.9 Å². The van der Waals surface area contributed by atoms with E-state index in [-0.39, 0.29) is 5.16 Å². The molecule has 1 atom stereocenters. The highest BCUT2D eigenvalue weighted by Crippen LogP contribution is 2.30. The average molecular weight is 424 g/mol. The van der Waals surface area contributed by atoms with Gasteiger partial charge in [0.2, 0.25) is 15.0 Å². The minimum atomic E-state index is -3.33. The van der Waals surface area contributed by atoms with Crippen LogP contribution in [0.25, 0.3) is 0 Å². The van der Waals surface area contributed by atoms with Gasteiger partial charge in [-0.25, -0.2) is 13.4 Å². The molecule has 1 aliphatic heterocycles. The van der Waals surface area contributed by atoms with Gasteiger partial charge >= 0.3 is 0 Å². The molecule has 3 fully saturated rings. The molecule has 2 saturated carbocycles. The number of sulfone groups is 1. The molecule has 0 spiro atoms. The first kappa shape index (κ1) is 21.3. The van der Waals surface area contributed by atoms with Gasteiger partial charge in [0.05, 0.1) is 18.0 Å². The van der Waals surface area contributed by atoms with Gasteiger partial charge in [0.1, 0.15) is 0 Å². The first-order valence-corrected chi connectivity index (χ1v) is 13.5. The Balaban J connectivity index is 1.52. The van der Waals surface area contributed by atoms with Gasteiger partial charge in [-0.1, -0.05) is 25.7 Å². The molecule has 0 amide bonds. The molecule has 164 valence electrons. The number of hydrogen-bond donors (Lipinski definition) is 0. The summed E-state index contributed by atoms with van der Waals surface area (Å²) in [6, 6.07) is 0. The van der Waals surface area contributed by atoms with Crippen LogP contribution in [0.3, 0.4) is 0 Å². The summed E-state index contributed by atoms with van der Waals surface area (Å²) in [5, 5.41) is 0.249. The molecule has 6 nitrogen and oxygen atoms in total. The van der Waals surface area contributed by atoms with Crippen LogP contribution in [0.4, 0.5) is 0 Å². The predicted molar refractivity (Wildman–Crippen MR) is 114 cm³/mol. The Hall–Kier alpha value is -0.920. The summed E-state index contributed by atoms with van der Waals surface area (Å²) in [6.45, 7) is 4.46. The van der Waals surface area contributed by atoms with E-state index in [1.165, 1.54) is 57.6 Å². The van der Waals surface area contributed by atoms with E-state index in [1.54, 1.807) is 0 Å². The van der Waals surface area contributed by atoms with Crippen molar-refractivity contribution in [2.24, 2.45) is 11.8 Å². The zero-order valence-electron chi connectivity index (χ0n) is 17.9. The maximum Gasteiger partial charge on any atom is 0.227 e. The molecule has 0 aromatic carbocycles. The van der Waals surface area contributed by atoms with E-state index in [0.717, 1.165) is 57.2 Å².